The van der Waals surface area contributed by atoms with Crippen LogP contribution in [0.25, 0.3) is 0 Å². The second kappa shape index (κ2) is 12.3. The molecule has 226 valence electrons. The van der Waals surface area contributed by atoms with E-state index in [-0.39, 0.29) is 29.3 Å². The van der Waals surface area contributed by atoms with Gasteiger partial charge in [0.2, 0.25) is 5.02 Å². The minimum absolute atomic E-state index is 0.0397. The molecule has 2 aliphatic heterocycles. The van der Waals surface area contributed by atoms with Crippen LogP contribution in [0.15, 0.2) is 52.9 Å². The third-order valence-corrected chi connectivity index (χ3v) is 11.3. The summed E-state index contributed by atoms with van der Waals surface area (Å²) in [5.74, 6) is 1.23. The van der Waals surface area contributed by atoms with E-state index >= 15 is 0 Å². The van der Waals surface area contributed by atoms with Crippen molar-refractivity contribution in [3.63, 3.8) is 0 Å². The van der Waals surface area contributed by atoms with E-state index in [9.17, 15) is 9.00 Å². The predicted octanol–water partition coefficient (Wildman–Crippen LogP) is 5.41. The monoisotopic (exact) mass is 612 g/mol. The summed E-state index contributed by atoms with van der Waals surface area (Å²) in [6.07, 6.45) is 9.19. The van der Waals surface area contributed by atoms with Crippen LogP contribution in [0.4, 0.5) is 5.69 Å². The fourth-order valence-electron chi connectivity index (χ4n) is 7.41. The fraction of sp³-hybridized carbons (Fsp3) is 0.545. The van der Waals surface area contributed by atoms with Crippen LogP contribution in [0.2, 0.25) is 5.02 Å². The average Bonchev–Trinajstić information content (AvgIpc) is 3.11. The smallest absolute Gasteiger partial charge is 0.254 e. The number of hydrogen-bond donors (Lipinski definition) is 0. The van der Waals surface area contributed by atoms with Crippen molar-refractivity contribution in [1.29, 1.82) is 0 Å². The molecule has 0 unspecified atom stereocenters. The van der Waals surface area contributed by atoms with E-state index in [1.54, 1.807) is 20.3 Å². The molecule has 4 aliphatic rings. The molecule has 1 fully saturated rings. The first kappa shape index (κ1) is 29.7. The summed E-state index contributed by atoms with van der Waals surface area (Å²) in [6.45, 7) is 4.15. The van der Waals surface area contributed by atoms with Gasteiger partial charge in [0.05, 0.1) is 24.5 Å². The van der Waals surface area contributed by atoms with Gasteiger partial charge in [-0.3, -0.25) is 4.79 Å². The molecule has 1 amide bonds. The van der Waals surface area contributed by atoms with Crippen molar-refractivity contribution in [3.05, 3.63) is 70.3 Å². The Kier molecular flexibility index (Phi) is 8.70. The van der Waals surface area contributed by atoms with Crippen molar-refractivity contribution in [1.82, 2.24) is 0 Å². The Morgan fingerprint density at radius 2 is 1.90 bits per heavy atom. The highest BCUT2D eigenvalue weighted by atomic mass is 35.5. The lowest BCUT2D eigenvalue weighted by Gasteiger charge is -2.46. The quantitative estimate of drug-likeness (QED) is 0.334. The maximum Gasteiger partial charge on any atom is 0.254 e. The van der Waals surface area contributed by atoms with Gasteiger partial charge in [0.1, 0.15) is 5.75 Å². The molecule has 0 aromatic heterocycles. The minimum atomic E-state index is -1.68. The Balaban J connectivity index is 1.43. The Hall–Kier alpha value is -2.39. The van der Waals surface area contributed by atoms with Crippen LogP contribution in [-0.4, -0.2) is 57.8 Å². The molecule has 6 rings (SSSR count). The number of hydrogen-bond acceptors (Lipinski definition) is 7. The van der Waals surface area contributed by atoms with Crippen molar-refractivity contribution in [3.8, 4) is 5.75 Å². The van der Waals surface area contributed by atoms with E-state index < -0.39 is 16.5 Å². The molecule has 7 nitrogen and oxygen atoms in total. The number of halogens is 1. The first-order chi connectivity index (χ1) is 20.3. The number of aryl methyl sites for hydroxylation is 1. The summed E-state index contributed by atoms with van der Waals surface area (Å²) in [4.78, 5) is 15.7. The number of fused-ring (bicyclic) bond motifs is 4. The van der Waals surface area contributed by atoms with Gasteiger partial charge in [-0.1, -0.05) is 30.9 Å². The van der Waals surface area contributed by atoms with E-state index in [1.165, 1.54) is 11.1 Å². The van der Waals surface area contributed by atoms with E-state index in [2.05, 4.69) is 27.5 Å². The van der Waals surface area contributed by atoms with Crippen LogP contribution >= 0.6 is 0 Å². The Bertz CT molecular complexity index is 1460. The number of carbonyl (C=O) groups excluding carboxylic acids is 1. The number of ether oxygens (including phenoxy) is 3. The van der Waals surface area contributed by atoms with Gasteiger partial charge >= 0.3 is 0 Å². The summed E-state index contributed by atoms with van der Waals surface area (Å²) in [5.41, 5.74) is 3.79. The summed E-state index contributed by atoms with van der Waals surface area (Å²) in [5, 5.41) is 0.874. The lowest BCUT2D eigenvalue weighted by atomic mass is 9.68. The highest BCUT2D eigenvalue weighted by Crippen LogP contribution is 2.47. The van der Waals surface area contributed by atoms with Gasteiger partial charge < -0.3 is 27.7 Å². The van der Waals surface area contributed by atoms with Crippen molar-refractivity contribution in [2.75, 3.05) is 44.6 Å². The second-order valence-corrected chi connectivity index (χ2v) is 14.1. The van der Waals surface area contributed by atoms with Crippen molar-refractivity contribution < 1.29 is 34.8 Å². The highest BCUT2D eigenvalue weighted by Gasteiger charge is 2.44. The van der Waals surface area contributed by atoms with Gasteiger partial charge in [-0.05, 0) is 79.2 Å². The molecule has 2 aromatic carbocycles. The average molecular weight is 613 g/mol. The van der Waals surface area contributed by atoms with Crippen molar-refractivity contribution >= 4 is 22.2 Å². The number of rotatable bonds is 2. The molecule has 0 radical (unpaired) electrons. The molecule has 2 bridgehead atoms. The second-order valence-electron chi connectivity index (χ2n) is 12.5. The lowest BCUT2D eigenvalue weighted by Crippen LogP contribution is -2.49. The molecule has 2 aliphatic carbocycles. The SMILES string of the molecule is CO[C@H]1/C=C/[C@H](OC)[C@H](C)C[S-](=O)=NC(=O)c2ccc3c(c2)N(C[C@@H]2CC[C@H]21)C[C@@]1(CCCc2cc([ClH+])ccc21)CO3. The zero-order valence-corrected chi connectivity index (χ0v) is 26.3. The van der Waals surface area contributed by atoms with Crippen LogP contribution < -0.4 is 9.64 Å². The van der Waals surface area contributed by atoms with Crippen molar-refractivity contribution in [2.24, 2.45) is 22.1 Å². The zero-order chi connectivity index (χ0) is 29.4. The van der Waals surface area contributed by atoms with Gasteiger partial charge in [0.25, 0.3) is 5.91 Å². The van der Waals surface area contributed by atoms with Crippen LogP contribution in [0, 0.1) is 29.4 Å². The molecule has 1 saturated carbocycles. The summed E-state index contributed by atoms with van der Waals surface area (Å²) in [7, 11) is 1.75. The van der Waals surface area contributed by atoms with Gasteiger partial charge in [-0.2, -0.15) is 10.6 Å². The number of anilines is 1. The minimum Gasteiger partial charge on any atom is -0.490 e. The fourth-order valence-corrected chi connectivity index (χ4v) is 8.62. The largest absolute Gasteiger partial charge is 0.490 e. The molecular weight excluding hydrogens is 572 g/mol. The van der Waals surface area contributed by atoms with E-state index in [4.69, 9.17) is 25.8 Å². The van der Waals surface area contributed by atoms with Gasteiger partial charge in [0, 0.05) is 50.4 Å². The van der Waals surface area contributed by atoms with Gasteiger partial charge in [-0.15, -0.1) is 0 Å². The van der Waals surface area contributed by atoms with Crippen LogP contribution in [0.5, 0.6) is 5.75 Å². The first-order valence-corrected chi connectivity index (χ1v) is 16.7. The molecule has 9 heteroatoms. The van der Waals surface area contributed by atoms with Crippen LogP contribution in [0.1, 0.15) is 54.1 Å². The molecule has 6 atom stereocenters. The summed E-state index contributed by atoms with van der Waals surface area (Å²) < 4.78 is 35.4. The summed E-state index contributed by atoms with van der Waals surface area (Å²) in [6, 6.07) is 11.9. The molecular formula is C33H41ClN2O5S. The molecule has 0 saturated heterocycles. The standard InChI is InChI=1S/C33H41ClN2O5S/c1-21-18-42(38)35-32(37)23-7-11-31-28(16-23)36(17-24-6-9-26(24)30(40-3)13-12-29(21)39-2)19-33(20-41-31)14-4-5-22-15-25(34)8-10-27(22)33/h7-8,10-13,15-16,21,24,26,29-30,34H,4-6,9,14,17-20H2,1-3H3/b13-12+/t21-,24+,26-,29+,30+,33+/m1/s1. The van der Waals surface area contributed by atoms with Gasteiger partial charge in [0.15, 0.2) is 11.6 Å². The number of nitrogens with zero attached hydrogens (tertiary/aromatic N) is 2. The zero-order valence-electron chi connectivity index (χ0n) is 24.6. The normalized spacial score (nSPS) is 32.5. The molecule has 2 heterocycles. The molecule has 1 spiro atoms. The summed E-state index contributed by atoms with van der Waals surface area (Å²) >= 11 is 5.52. The van der Waals surface area contributed by atoms with Gasteiger partial charge in [-0.25, -0.2) is 0 Å². The molecule has 42 heavy (non-hydrogen) atoms. The number of benzene rings is 2. The van der Waals surface area contributed by atoms with E-state index in [0.29, 0.717) is 24.0 Å². The highest BCUT2D eigenvalue weighted by molar-refractivity contribution is 7.75. The Morgan fingerprint density at radius 1 is 1.10 bits per heavy atom. The Labute approximate surface area is 255 Å². The van der Waals surface area contributed by atoms with E-state index in [0.717, 1.165) is 61.7 Å². The van der Waals surface area contributed by atoms with Crippen LogP contribution in [-0.2, 0) is 36.1 Å². The Morgan fingerprint density at radius 3 is 2.67 bits per heavy atom. The third kappa shape index (κ3) is 5.75. The number of amides is 1. The van der Waals surface area contributed by atoms with Crippen LogP contribution in [0.3, 0.4) is 0 Å². The molecule has 0 N–H and O–H groups in total. The number of carbonyl (C=O) groups is 1. The maximum absolute atomic E-state index is 13.3. The first-order valence-electron chi connectivity index (χ1n) is 15.0. The van der Waals surface area contributed by atoms with E-state index in [1.807, 2.05) is 31.2 Å². The lowest BCUT2D eigenvalue weighted by molar-refractivity contribution is -0.289. The van der Waals surface area contributed by atoms with Crippen molar-refractivity contribution in [2.45, 2.75) is 56.7 Å². The topological polar surface area (TPSA) is 77.4 Å². The molecule has 2 aromatic rings. The number of methoxy groups -OCH3 is 2. The third-order valence-electron chi connectivity index (χ3n) is 9.83. The maximum atomic E-state index is 13.3. The predicted molar refractivity (Wildman–Crippen MR) is 162 cm³/mol.